The number of carbonyl (C=O) groups is 3. The Morgan fingerprint density at radius 3 is 2.06 bits per heavy atom. The van der Waals surface area contributed by atoms with E-state index in [1.165, 1.54) is 9.80 Å². The molecule has 0 aliphatic heterocycles. The highest BCUT2D eigenvalue weighted by molar-refractivity contribution is 6.07. The molecule has 0 spiro atoms. The summed E-state index contributed by atoms with van der Waals surface area (Å²) in [7, 11) is 1.68. The monoisotopic (exact) mass is 444 g/mol. The highest BCUT2D eigenvalue weighted by Gasteiger charge is 2.30. The molecule has 0 fully saturated rings. The third-order valence-corrected chi connectivity index (χ3v) is 5.20. The molecule has 33 heavy (non-hydrogen) atoms. The van der Waals surface area contributed by atoms with Gasteiger partial charge in [0.1, 0.15) is 6.04 Å². The summed E-state index contributed by atoms with van der Waals surface area (Å²) in [5.74, 6) is -0.648. The van der Waals surface area contributed by atoms with E-state index in [0.717, 1.165) is 11.3 Å². The molecule has 4 amide bonds. The number of hydrogen-bond donors (Lipinski definition) is 2. The lowest BCUT2D eigenvalue weighted by molar-refractivity contribution is -0.123. The van der Waals surface area contributed by atoms with Crippen LogP contribution in [0.15, 0.2) is 84.9 Å². The zero-order valence-corrected chi connectivity index (χ0v) is 19.0. The molecule has 0 heterocycles. The Hall–Kier alpha value is -4.13. The molecule has 7 heteroatoms. The van der Waals surface area contributed by atoms with Crippen LogP contribution in [0.2, 0.25) is 0 Å². The van der Waals surface area contributed by atoms with Gasteiger partial charge in [0, 0.05) is 24.1 Å². The minimum Gasteiger partial charge on any atom is -0.329 e. The van der Waals surface area contributed by atoms with Gasteiger partial charge in [-0.05, 0) is 55.8 Å². The summed E-state index contributed by atoms with van der Waals surface area (Å²) in [6.45, 7) is 3.34. The number of nitrogens with one attached hydrogen (secondary N) is 2. The lowest BCUT2D eigenvalue weighted by atomic mass is 10.1. The quantitative estimate of drug-likeness (QED) is 0.573. The highest BCUT2D eigenvalue weighted by atomic mass is 16.2. The van der Waals surface area contributed by atoms with Crippen molar-refractivity contribution >= 4 is 34.9 Å². The highest BCUT2D eigenvalue weighted by Crippen LogP contribution is 2.20. The molecule has 7 nitrogen and oxygen atoms in total. The van der Waals surface area contributed by atoms with Crippen LogP contribution in [0, 0.1) is 6.92 Å². The number of urea groups is 1. The van der Waals surface area contributed by atoms with E-state index in [1.54, 1.807) is 44.3 Å². The van der Waals surface area contributed by atoms with Gasteiger partial charge < -0.3 is 15.5 Å². The molecule has 3 rings (SSSR count). The Labute approximate surface area is 194 Å². The van der Waals surface area contributed by atoms with Gasteiger partial charge in [0.05, 0.1) is 6.54 Å². The molecule has 1 atom stereocenters. The zero-order valence-electron chi connectivity index (χ0n) is 19.0. The molecule has 3 aromatic rings. The SMILES string of the molecule is Cc1cccc(NC(=O)NCC(=O)N(c2ccccc2)[C@@H](C)C(=O)N(C)c2ccccc2)c1. The first kappa shape index (κ1) is 23.5. The van der Waals surface area contributed by atoms with Crippen molar-refractivity contribution in [3.05, 3.63) is 90.5 Å². The minimum atomic E-state index is -0.785. The van der Waals surface area contributed by atoms with E-state index >= 15 is 0 Å². The first-order valence-electron chi connectivity index (χ1n) is 10.7. The third-order valence-electron chi connectivity index (χ3n) is 5.20. The maximum atomic E-state index is 13.2. The molecule has 170 valence electrons. The van der Waals surface area contributed by atoms with E-state index in [1.807, 2.05) is 61.5 Å². The summed E-state index contributed by atoms with van der Waals surface area (Å²) in [5.41, 5.74) is 2.94. The van der Waals surface area contributed by atoms with Crippen LogP contribution in [-0.4, -0.2) is 37.5 Å². The van der Waals surface area contributed by atoms with E-state index in [0.29, 0.717) is 11.4 Å². The lowest BCUT2D eigenvalue weighted by Crippen LogP contribution is -2.52. The van der Waals surface area contributed by atoms with E-state index in [9.17, 15) is 14.4 Å². The van der Waals surface area contributed by atoms with Crippen LogP contribution >= 0.6 is 0 Å². The van der Waals surface area contributed by atoms with Crippen LogP contribution < -0.4 is 20.4 Å². The van der Waals surface area contributed by atoms with Gasteiger partial charge in [0.2, 0.25) is 11.8 Å². The number of rotatable bonds is 7. The van der Waals surface area contributed by atoms with Crippen LogP contribution in [0.1, 0.15) is 12.5 Å². The van der Waals surface area contributed by atoms with E-state index < -0.39 is 18.0 Å². The summed E-state index contributed by atoms with van der Waals surface area (Å²) in [6.07, 6.45) is 0. The summed E-state index contributed by atoms with van der Waals surface area (Å²) in [5, 5.41) is 5.30. The van der Waals surface area contributed by atoms with Gasteiger partial charge in [-0.15, -0.1) is 0 Å². The molecule has 0 radical (unpaired) electrons. The molecule has 0 aliphatic rings. The fourth-order valence-electron chi connectivity index (χ4n) is 3.48. The summed E-state index contributed by atoms with van der Waals surface area (Å²) >= 11 is 0. The van der Waals surface area contributed by atoms with Crippen LogP contribution in [0.5, 0.6) is 0 Å². The normalized spacial score (nSPS) is 11.2. The smallest absolute Gasteiger partial charge is 0.319 e. The molecule has 0 bridgehead atoms. The van der Waals surface area contributed by atoms with Gasteiger partial charge in [0.15, 0.2) is 0 Å². The molecular formula is C26H28N4O3. The van der Waals surface area contributed by atoms with Crippen LogP contribution in [-0.2, 0) is 9.59 Å². The fraction of sp³-hybridized carbons (Fsp3) is 0.192. The first-order chi connectivity index (χ1) is 15.9. The summed E-state index contributed by atoms with van der Waals surface area (Å²) < 4.78 is 0. The number of likely N-dealkylation sites (N-methyl/N-ethyl adjacent to an activating group) is 1. The first-order valence-corrected chi connectivity index (χ1v) is 10.7. The predicted octanol–water partition coefficient (Wildman–Crippen LogP) is 4.20. The summed E-state index contributed by atoms with van der Waals surface area (Å²) in [4.78, 5) is 41.6. The lowest BCUT2D eigenvalue weighted by Gasteiger charge is -2.31. The number of hydrogen-bond acceptors (Lipinski definition) is 3. The molecule has 2 N–H and O–H groups in total. The number of anilines is 3. The van der Waals surface area contributed by atoms with Gasteiger partial charge in [-0.2, -0.15) is 0 Å². The maximum Gasteiger partial charge on any atom is 0.319 e. The largest absolute Gasteiger partial charge is 0.329 e. The molecule has 3 aromatic carbocycles. The van der Waals surface area contributed by atoms with Crippen molar-refractivity contribution in [2.45, 2.75) is 19.9 Å². The van der Waals surface area contributed by atoms with Crippen LogP contribution in [0.3, 0.4) is 0 Å². The fourth-order valence-corrected chi connectivity index (χ4v) is 3.48. The van der Waals surface area contributed by atoms with Crippen molar-refractivity contribution in [3.8, 4) is 0 Å². The Bertz CT molecular complexity index is 1100. The van der Waals surface area contributed by atoms with Crippen LogP contribution in [0.25, 0.3) is 0 Å². The minimum absolute atomic E-state index is 0.248. The van der Waals surface area contributed by atoms with Crippen molar-refractivity contribution < 1.29 is 14.4 Å². The average molecular weight is 445 g/mol. The second-order valence-electron chi connectivity index (χ2n) is 7.69. The van der Waals surface area contributed by atoms with Crippen molar-refractivity contribution in [3.63, 3.8) is 0 Å². The van der Waals surface area contributed by atoms with Gasteiger partial charge in [0.25, 0.3) is 0 Å². The van der Waals surface area contributed by atoms with Gasteiger partial charge in [-0.1, -0.05) is 48.5 Å². The van der Waals surface area contributed by atoms with E-state index in [4.69, 9.17) is 0 Å². The molecule has 0 aromatic heterocycles. The molecular weight excluding hydrogens is 416 g/mol. The molecule has 0 unspecified atom stereocenters. The van der Waals surface area contributed by atoms with Crippen molar-refractivity contribution in [1.82, 2.24) is 5.32 Å². The van der Waals surface area contributed by atoms with Crippen LogP contribution in [0.4, 0.5) is 21.9 Å². The standard InChI is InChI=1S/C26H28N4O3/c1-19-11-10-12-21(17-19)28-26(33)27-18-24(31)30(23-15-8-5-9-16-23)20(2)25(32)29(3)22-13-6-4-7-14-22/h4-17,20H,18H2,1-3H3,(H2,27,28,33)/t20-/m0/s1. The Morgan fingerprint density at radius 1 is 0.848 bits per heavy atom. The van der Waals surface area contributed by atoms with Crippen molar-refractivity contribution in [2.24, 2.45) is 0 Å². The Morgan fingerprint density at radius 2 is 1.45 bits per heavy atom. The molecule has 0 aliphatic carbocycles. The predicted molar refractivity (Wildman–Crippen MR) is 131 cm³/mol. The summed E-state index contributed by atoms with van der Waals surface area (Å²) in [6, 6.07) is 24.3. The number of carbonyl (C=O) groups excluding carboxylic acids is 3. The second-order valence-corrected chi connectivity index (χ2v) is 7.69. The van der Waals surface area contributed by atoms with E-state index in [2.05, 4.69) is 10.6 Å². The number of benzene rings is 3. The zero-order chi connectivity index (χ0) is 23.8. The van der Waals surface area contributed by atoms with Gasteiger partial charge >= 0.3 is 6.03 Å². The maximum absolute atomic E-state index is 13.2. The van der Waals surface area contributed by atoms with Gasteiger partial charge in [-0.25, -0.2) is 4.79 Å². The number of aryl methyl sites for hydroxylation is 1. The van der Waals surface area contributed by atoms with Crippen molar-refractivity contribution in [1.29, 1.82) is 0 Å². The molecule has 0 saturated carbocycles. The number of nitrogens with zero attached hydrogens (tertiary/aromatic N) is 2. The van der Waals surface area contributed by atoms with Crippen molar-refractivity contribution in [2.75, 3.05) is 28.7 Å². The topological polar surface area (TPSA) is 81.8 Å². The van der Waals surface area contributed by atoms with E-state index in [-0.39, 0.29) is 12.5 Å². The molecule has 0 saturated heterocycles. The second kappa shape index (κ2) is 10.9. The van der Waals surface area contributed by atoms with Gasteiger partial charge in [-0.3, -0.25) is 14.5 Å². The Kier molecular flexibility index (Phi) is 7.81. The number of amides is 4. The average Bonchev–Trinajstić information content (AvgIpc) is 2.83. The Balaban J connectivity index is 1.72. The number of para-hydroxylation sites is 2. The third kappa shape index (κ3) is 6.20.